The normalized spacial score (nSPS) is 44.0. The summed E-state index contributed by atoms with van der Waals surface area (Å²) >= 11 is 0. The summed E-state index contributed by atoms with van der Waals surface area (Å²) in [5.74, 6) is 2.06. The molecule has 0 aromatic heterocycles. The fraction of sp³-hybridized carbons (Fsp3) is 1.00. The summed E-state index contributed by atoms with van der Waals surface area (Å²) in [4.78, 5) is 0. The van der Waals surface area contributed by atoms with Gasteiger partial charge in [0.05, 0.1) is 0 Å². The van der Waals surface area contributed by atoms with E-state index in [9.17, 15) is 0 Å². The van der Waals surface area contributed by atoms with Crippen LogP contribution in [0, 0.1) is 22.7 Å². The average Bonchev–Trinajstić information content (AvgIpc) is 2.35. The lowest BCUT2D eigenvalue weighted by Gasteiger charge is -2.63. The van der Waals surface area contributed by atoms with Gasteiger partial charge < -0.3 is 10.1 Å². The number of ether oxygens (including phenoxy) is 1. The Balaban J connectivity index is 1.75. The smallest absolute Gasteiger partial charge is 0.0462 e. The molecule has 2 nitrogen and oxygen atoms in total. The Kier molecular flexibility index (Phi) is 4.16. The van der Waals surface area contributed by atoms with Gasteiger partial charge in [-0.2, -0.15) is 0 Å². The molecule has 3 atom stereocenters. The third-order valence-corrected chi connectivity index (χ3v) is 6.43. The number of rotatable bonds is 7. The van der Waals surface area contributed by atoms with Crippen LogP contribution in [0.5, 0.6) is 0 Å². The second-order valence-corrected chi connectivity index (χ2v) is 8.38. The van der Waals surface area contributed by atoms with Crippen LogP contribution in [0.3, 0.4) is 0 Å². The molecule has 0 spiro atoms. The lowest BCUT2D eigenvalue weighted by atomic mass is 9.43. The molecule has 0 radical (unpaired) electrons. The summed E-state index contributed by atoms with van der Waals surface area (Å²) in [5.41, 5.74) is 1.28. The zero-order chi connectivity index (χ0) is 14.2. The second-order valence-electron chi connectivity index (χ2n) is 8.38. The van der Waals surface area contributed by atoms with E-state index in [0.717, 1.165) is 31.0 Å². The van der Waals surface area contributed by atoms with Crippen molar-refractivity contribution in [3.8, 4) is 0 Å². The van der Waals surface area contributed by atoms with Crippen LogP contribution in [0.25, 0.3) is 0 Å². The number of methoxy groups -OCH3 is 1. The molecule has 0 aromatic rings. The van der Waals surface area contributed by atoms with E-state index < -0.39 is 0 Å². The molecule has 116 valence electrons. The van der Waals surface area contributed by atoms with Crippen LogP contribution in [0.1, 0.15) is 65.2 Å². The van der Waals surface area contributed by atoms with Gasteiger partial charge in [0.1, 0.15) is 0 Å². The molecule has 4 aliphatic carbocycles. The Hall–Kier alpha value is -0.0800. The Morgan fingerprint density at radius 2 is 1.90 bits per heavy atom. The van der Waals surface area contributed by atoms with Crippen molar-refractivity contribution in [3.05, 3.63) is 0 Å². The van der Waals surface area contributed by atoms with Crippen molar-refractivity contribution in [2.75, 3.05) is 20.3 Å². The zero-order valence-electron chi connectivity index (χ0n) is 13.7. The van der Waals surface area contributed by atoms with Crippen molar-refractivity contribution in [2.24, 2.45) is 22.7 Å². The molecule has 4 rings (SSSR count). The zero-order valence-corrected chi connectivity index (χ0v) is 13.7. The topological polar surface area (TPSA) is 21.3 Å². The van der Waals surface area contributed by atoms with Crippen molar-refractivity contribution in [2.45, 2.75) is 71.3 Å². The molecule has 0 aliphatic heterocycles. The molecule has 4 fully saturated rings. The maximum Gasteiger partial charge on any atom is 0.0462 e. The first-order chi connectivity index (χ1) is 9.59. The average molecular weight is 279 g/mol. The van der Waals surface area contributed by atoms with E-state index >= 15 is 0 Å². The summed E-state index contributed by atoms with van der Waals surface area (Å²) in [6.07, 6.45) is 11.6. The first-order valence-electron chi connectivity index (χ1n) is 8.81. The molecule has 3 unspecified atom stereocenters. The van der Waals surface area contributed by atoms with Gasteiger partial charge in [-0.25, -0.2) is 0 Å². The SMILES string of the molecule is CCNC(CCCOC)C12CC3CC(CC(C)(C3)C1)C2. The van der Waals surface area contributed by atoms with Gasteiger partial charge in [0.25, 0.3) is 0 Å². The van der Waals surface area contributed by atoms with Crippen molar-refractivity contribution in [1.82, 2.24) is 5.32 Å². The van der Waals surface area contributed by atoms with Gasteiger partial charge in [-0.1, -0.05) is 13.8 Å². The third kappa shape index (κ3) is 2.66. The highest BCUT2D eigenvalue weighted by atomic mass is 16.5. The van der Waals surface area contributed by atoms with Gasteiger partial charge in [-0.15, -0.1) is 0 Å². The molecule has 20 heavy (non-hydrogen) atoms. The highest BCUT2D eigenvalue weighted by Gasteiger charge is 2.57. The molecule has 4 bridgehead atoms. The van der Waals surface area contributed by atoms with Gasteiger partial charge in [0, 0.05) is 19.8 Å². The van der Waals surface area contributed by atoms with Crippen LogP contribution in [0.4, 0.5) is 0 Å². The van der Waals surface area contributed by atoms with Crippen LogP contribution < -0.4 is 5.32 Å². The molecule has 4 saturated carbocycles. The predicted molar refractivity (Wildman–Crippen MR) is 83.8 cm³/mol. The Bertz CT molecular complexity index is 326. The standard InChI is InChI=1S/C18H33NO/c1-4-19-16(6-5-7-20-3)18-11-14-8-15(12-18)10-17(2,9-14)13-18/h14-16,19H,4-13H2,1-3H3. The highest BCUT2D eigenvalue weighted by Crippen LogP contribution is 2.66. The molecule has 4 aliphatic rings. The molecule has 0 aromatic carbocycles. The van der Waals surface area contributed by atoms with Crippen LogP contribution in [-0.4, -0.2) is 26.3 Å². The van der Waals surface area contributed by atoms with E-state index in [1.807, 2.05) is 7.11 Å². The van der Waals surface area contributed by atoms with Gasteiger partial charge in [0.15, 0.2) is 0 Å². The van der Waals surface area contributed by atoms with Crippen LogP contribution >= 0.6 is 0 Å². The first kappa shape index (κ1) is 14.8. The number of hydrogen-bond acceptors (Lipinski definition) is 2. The van der Waals surface area contributed by atoms with Crippen molar-refractivity contribution in [1.29, 1.82) is 0 Å². The summed E-state index contributed by atoms with van der Waals surface area (Å²) in [7, 11) is 1.83. The van der Waals surface area contributed by atoms with Crippen LogP contribution in [0.15, 0.2) is 0 Å². The molecule has 0 heterocycles. The largest absolute Gasteiger partial charge is 0.385 e. The fourth-order valence-corrected chi connectivity index (χ4v) is 6.51. The molecule has 2 heteroatoms. The predicted octanol–water partition coefficient (Wildman–Crippen LogP) is 4.00. The Labute approximate surface area is 125 Å². The Morgan fingerprint density at radius 1 is 1.20 bits per heavy atom. The molecular formula is C18H33NO. The molecule has 0 amide bonds. The monoisotopic (exact) mass is 279 g/mol. The Morgan fingerprint density at radius 3 is 2.45 bits per heavy atom. The summed E-state index contributed by atoms with van der Waals surface area (Å²) < 4.78 is 5.28. The van der Waals surface area contributed by atoms with Gasteiger partial charge in [-0.05, 0) is 80.6 Å². The minimum atomic E-state index is 0.614. The van der Waals surface area contributed by atoms with E-state index in [4.69, 9.17) is 4.74 Å². The highest BCUT2D eigenvalue weighted by molar-refractivity contribution is 5.09. The van der Waals surface area contributed by atoms with Crippen LogP contribution in [-0.2, 0) is 4.74 Å². The summed E-state index contributed by atoms with van der Waals surface area (Å²) in [5, 5.41) is 3.86. The lowest BCUT2D eigenvalue weighted by Crippen LogP contribution is -2.58. The van der Waals surface area contributed by atoms with E-state index in [-0.39, 0.29) is 0 Å². The van der Waals surface area contributed by atoms with E-state index in [1.165, 1.54) is 51.4 Å². The van der Waals surface area contributed by atoms with Crippen molar-refractivity contribution in [3.63, 3.8) is 0 Å². The van der Waals surface area contributed by atoms with Gasteiger partial charge in [0.2, 0.25) is 0 Å². The molecule has 0 saturated heterocycles. The first-order valence-corrected chi connectivity index (χ1v) is 8.81. The van der Waals surface area contributed by atoms with E-state index in [1.54, 1.807) is 0 Å². The fourth-order valence-electron chi connectivity index (χ4n) is 6.51. The molecular weight excluding hydrogens is 246 g/mol. The van der Waals surface area contributed by atoms with Crippen molar-refractivity contribution >= 4 is 0 Å². The minimum Gasteiger partial charge on any atom is -0.385 e. The van der Waals surface area contributed by atoms with Crippen molar-refractivity contribution < 1.29 is 4.74 Å². The van der Waals surface area contributed by atoms with Gasteiger partial charge >= 0.3 is 0 Å². The summed E-state index contributed by atoms with van der Waals surface area (Å²) in [6.45, 7) is 6.89. The quantitative estimate of drug-likeness (QED) is 0.711. The second kappa shape index (κ2) is 5.61. The minimum absolute atomic E-state index is 0.614. The lowest BCUT2D eigenvalue weighted by molar-refractivity contribution is -0.119. The van der Waals surface area contributed by atoms with E-state index in [2.05, 4.69) is 19.2 Å². The maximum absolute atomic E-state index is 5.28. The number of nitrogens with one attached hydrogen (secondary N) is 1. The van der Waals surface area contributed by atoms with Crippen LogP contribution in [0.2, 0.25) is 0 Å². The number of hydrogen-bond donors (Lipinski definition) is 1. The maximum atomic E-state index is 5.28. The molecule has 1 N–H and O–H groups in total. The third-order valence-electron chi connectivity index (χ3n) is 6.43. The summed E-state index contributed by atoms with van der Waals surface area (Å²) in [6, 6.07) is 0.730. The van der Waals surface area contributed by atoms with E-state index in [0.29, 0.717) is 10.8 Å². The van der Waals surface area contributed by atoms with Gasteiger partial charge in [-0.3, -0.25) is 0 Å².